The minimum atomic E-state index is -0.126. The summed E-state index contributed by atoms with van der Waals surface area (Å²) in [5.74, 6) is -0.126. The first-order chi connectivity index (χ1) is 13.6. The van der Waals surface area contributed by atoms with Crippen molar-refractivity contribution < 1.29 is 4.79 Å². The van der Waals surface area contributed by atoms with Gasteiger partial charge in [0.1, 0.15) is 0 Å². The van der Waals surface area contributed by atoms with Gasteiger partial charge in [-0.25, -0.2) is 9.78 Å². The molecule has 0 saturated carbocycles. The van der Waals surface area contributed by atoms with Crippen molar-refractivity contribution in [3.8, 4) is 0 Å². The number of pyridine rings is 1. The number of rotatable bonds is 6. The molecule has 1 N–H and O–H groups in total. The smallest absolute Gasteiger partial charge is 0.330 e. The van der Waals surface area contributed by atoms with Crippen molar-refractivity contribution in [1.29, 1.82) is 0 Å². The molecule has 4 rings (SSSR count). The van der Waals surface area contributed by atoms with Crippen molar-refractivity contribution in [1.82, 2.24) is 19.4 Å². The van der Waals surface area contributed by atoms with Gasteiger partial charge in [0.25, 0.3) is 5.91 Å². The number of fused-ring (bicyclic) bond motifs is 1. The average molecular weight is 392 g/mol. The van der Waals surface area contributed by atoms with Crippen LogP contribution in [-0.2, 0) is 13.1 Å². The zero-order chi connectivity index (χ0) is 19.5. The van der Waals surface area contributed by atoms with Gasteiger partial charge in [-0.15, -0.1) is 11.3 Å². The number of amides is 1. The van der Waals surface area contributed by atoms with E-state index in [9.17, 15) is 9.59 Å². The molecular weight excluding hydrogens is 372 g/mol. The van der Waals surface area contributed by atoms with Crippen LogP contribution < -0.4 is 11.0 Å². The molecular formula is C21H20N4O2S. The Morgan fingerprint density at radius 3 is 2.68 bits per heavy atom. The molecule has 0 aliphatic heterocycles. The number of thiophene rings is 1. The largest absolute Gasteiger partial charge is 0.350 e. The molecule has 4 aromatic rings. The zero-order valence-corrected chi connectivity index (χ0v) is 16.3. The van der Waals surface area contributed by atoms with E-state index in [1.165, 1.54) is 16.9 Å². The molecule has 0 spiro atoms. The molecule has 28 heavy (non-hydrogen) atoms. The van der Waals surface area contributed by atoms with E-state index >= 15 is 0 Å². The quantitative estimate of drug-likeness (QED) is 0.548. The molecule has 0 radical (unpaired) electrons. The number of carbonyl (C=O) groups excluding carboxylic acids is 1. The fraction of sp³-hybridized carbons (Fsp3) is 0.190. The second kappa shape index (κ2) is 7.82. The molecule has 0 atom stereocenters. The highest BCUT2D eigenvalue weighted by Gasteiger charge is 2.14. The number of imidazole rings is 1. The lowest BCUT2D eigenvalue weighted by atomic mass is 10.1. The molecule has 6 nitrogen and oxygen atoms in total. The lowest BCUT2D eigenvalue weighted by Gasteiger charge is -2.05. The second-order valence-corrected chi connectivity index (χ2v) is 7.53. The number of benzene rings is 1. The highest BCUT2D eigenvalue weighted by atomic mass is 32.1. The van der Waals surface area contributed by atoms with Crippen molar-refractivity contribution in [2.45, 2.75) is 20.0 Å². The summed E-state index contributed by atoms with van der Waals surface area (Å²) in [5.41, 5.74) is 3.53. The van der Waals surface area contributed by atoms with Gasteiger partial charge in [-0.1, -0.05) is 35.9 Å². The summed E-state index contributed by atoms with van der Waals surface area (Å²) in [5, 5.41) is 4.73. The maximum Gasteiger partial charge on any atom is 0.330 e. The van der Waals surface area contributed by atoms with Gasteiger partial charge in [0, 0.05) is 19.3 Å². The van der Waals surface area contributed by atoms with E-state index < -0.39 is 0 Å². The molecule has 0 aliphatic carbocycles. The van der Waals surface area contributed by atoms with Crippen LogP contribution in [0.25, 0.3) is 11.2 Å². The molecule has 3 aromatic heterocycles. The van der Waals surface area contributed by atoms with Crippen LogP contribution in [0.15, 0.2) is 64.9 Å². The summed E-state index contributed by atoms with van der Waals surface area (Å²) in [6.07, 6.45) is 1.68. The summed E-state index contributed by atoms with van der Waals surface area (Å²) < 4.78 is 3.35. The van der Waals surface area contributed by atoms with Crippen LogP contribution in [0.3, 0.4) is 0 Å². The van der Waals surface area contributed by atoms with Crippen LogP contribution in [-0.4, -0.2) is 26.6 Å². The van der Waals surface area contributed by atoms with Crippen LogP contribution in [0.2, 0.25) is 0 Å². The Kier molecular flexibility index (Phi) is 5.08. The van der Waals surface area contributed by atoms with Crippen molar-refractivity contribution in [3.63, 3.8) is 0 Å². The SMILES string of the molecule is Cc1ccc(Cn2c(=O)n(CCNC(=O)c3cccs3)c3ncccc32)cc1. The van der Waals surface area contributed by atoms with Crippen LogP contribution >= 0.6 is 11.3 Å². The second-order valence-electron chi connectivity index (χ2n) is 6.59. The van der Waals surface area contributed by atoms with E-state index in [4.69, 9.17) is 0 Å². The summed E-state index contributed by atoms with van der Waals surface area (Å²) in [4.78, 5) is 30.2. The number of carbonyl (C=O) groups is 1. The molecule has 0 fully saturated rings. The van der Waals surface area contributed by atoms with Crippen LogP contribution in [0.1, 0.15) is 20.8 Å². The predicted molar refractivity (Wildman–Crippen MR) is 111 cm³/mol. The van der Waals surface area contributed by atoms with Gasteiger partial charge < -0.3 is 5.32 Å². The maximum atomic E-state index is 13.0. The van der Waals surface area contributed by atoms with Gasteiger partial charge >= 0.3 is 5.69 Å². The van der Waals surface area contributed by atoms with E-state index in [0.717, 1.165) is 11.1 Å². The molecule has 0 bridgehead atoms. The summed E-state index contributed by atoms with van der Waals surface area (Å²) in [6.45, 7) is 3.24. The fourth-order valence-corrected chi connectivity index (χ4v) is 3.79. The Bertz CT molecular complexity index is 1160. The lowest BCUT2D eigenvalue weighted by Crippen LogP contribution is -2.31. The monoisotopic (exact) mass is 392 g/mol. The van der Waals surface area contributed by atoms with Crippen molar-refractivity contribution in [2.24, 2.45) is 0 Å². The molecule has 3 heterocycles. The van der Waals surface area contributed by atoms with Gasteiger partial charge in [-0.3, -0.25) is 13.9 Å². The summed E-state index contributed by atoms with van der Waals surface area (Å²) >= 11 is 1.39. The Labute approximate surface area is 166 Å². The van der Waals surface area contributed by atoms with E-state index in [2.05, 4.69) is 10.3 Å². The first kappa shape index (κ1) is 18.2. The number of hydrogen-bond acceptors (Lipinski definition) is 4. The van der Waals surface area contributed by atoms with Crippen molar-refractivity contribution in [2.75, 3.05) is 6.54 Å². The minimum Gasteiger partial charge on any atom is -0.350 e. The van der Waals surface area contributed by atoms with Gasteiger partial charge in [0.2, 0.25) is 0 Å². The van der Waals surface area contributed by atoms with Gasteiger partial charge in [-0.05, 0) is 36.1 Å². The first-order valence-corrected chi connectivity index (χ1v) is 9.93. The molecule has 0 saturated heterocycles. The maximum absolute atomic E-state index is 13.0. The Balaban J connectivity index is 1.58. The standard InChI is InChI=1S/C21H20N4O2S/c1-15-6-8-16(9-7-15)14-25-17-4-2-10-22-19(17)24(21(25)27)12-11-23-20(26)18-5-3-13-28-18/h2-10,13H,11-12,14H2,1H3,(H,23,26). The van der Waals surface area contributed by atoms with Crippen LogP contribution in [0.4, 0.5) is 0 Å². The summed E-state index contributed by atoms with van der Waals surface area (Å²) in [6, 6.07) is 15.5. The molecule has 0 aliphatic rings. The van der Waals surface area contributed by atoms with Crippen LogP contribution in [0.5, 0.6) is 0 Å². The summed E-state index contributed by atoms with van der Waals surface area (Å²) in [7, 11) is 0. The van der Waals surface area contributed by atoms with Crippen molar-refractivity contribution >= 4 is 28.4 Å². The molecule has 142 valence electrons. The third-order valence-electron chi connectivity index (χ3n) is 4.60. The number of aryl methyl sites for hydroxylation is 1. The molecule has 1 aromatic carbocycles. The normalized spacial score (nSPS) is 11.0. The fourth-order valence-electron chi connectivity index (χ4n) is 3.15. The van der Waals surface area contributed by atoms with E-state index in [0.29, 0.717) is 30.2 Å². The Morgan fingerprint density at radius 2 is 1.93 bits per heavy atom. The van der Waals surface area contributed by atoms with Crippen LogP contribution in [0, 0.1) is 6.92 Å². The number of hydrogen-bond donors (Lipinski definition) is 1. The van der Waals surface area contributed by atoms with Gasteiger partial charge in [-0.2, -0.15) is 0 Å². The first-order valence-electron chi connectivity index (χ1n) is 9.05. The van der Waals surface area contributed by atoms with Gasteiger partial charge in [0.05, 0.1) is 16.9 Å². The Morgan fingerprint density at radius 1 is 1.11 bits per heavy atom. The van der Waals surface area contributed by atoms with Crippen molar-refractivity contribution in [3.05, 3.63) is 86.6 Å². The highest BCUT2D eigenvalue weighted by molar-refractivity contribution is 7.12. The number of nitrogens with zero attached hydrogens (tertiary/aromatic N) is 3. The topological polar surface area (TPSA) is 68.9 Å². The molecule has 7 heteroatoms. The number of aromatic nitrogens is 3. The van der Waals surface area contributed by atoms with E-state index in [1.807, 2.05) is 54.8 Å². The number of nitrogens with one attached hydrogen (secondary N) is 1. The Hall–Kier alpha value is -3.19. The van der Waals surface area contributed by atoms with E-state index in [-0.39, 0.29) is 11.6 Å². The lowest BCUT2D eigenvalue weighted by molar-refractivity contribution is 0.0956. The van der Waals surface area contributed by atoms with E-state index in [1.54, 1.807) is 21.4 Å². The highest BCUT2D eigenvalue weighted by Crippen LogP contribution is 2.13. The predicted octanol–water partition coefficient (Wildman–Crippen LogP) is 3.05. The third-order valence-corrected chi connectivity index (χ3v) is 5.47. The average Bonchev–Trinajstić information content (AvgIpc) is 3.33. The van der Waals surface area contributed by atoms with Gasteiger partial charge in [0.15, 0.2) is 5.65 Å². The minimum absolute atomic E-state index is 0.125. The third kappa shape index (κ3) is 3.61. The molecule has 0 unspecified atom stereocenters. The molecule has 1 amide bonds. The zero-order valence-electron chi connectivity index (χ0n) is 15.5.